The van der Waals surface area contributed by atoms with Gasteiger partial charge in [0.05, 0.1) is 12.0 Å². The van der Waals surface area contributed by atoms with E-state index in [1.165, 1.54) is 10.4 Å². The lowest BCUT2D eigenvalue weighted by molar-refractivity contribution is -0.121. The van der Waals surface area contributed by atoms with Crippen LogP contribution in [-0.4, -0.2) is 42.7 Å². The Morgan fingerprint density at radius 2 is 2.00 bits per heavy atom. The fraction of sp³-hybridized carbons (Fsp3) is 0.350. The Morgan fingerprint density at radius 1 is 1.19 bits per heavy atom. The van der Waals surface area contributed by atoms with Gasteiger partial charge in [0.1, 0.15) is 17.0 Å². The van der Waals surface area contributed by atoms with Crippen LogP contribution in [0, 0.1) is 6.92 Å². The van der Waals surface area contributed by atoms with Gasteiger partial charge in [-0.05, 0) is 18.9 Å². The Morgan fingerprint density at radius 3 is 2.78 bits per heavy atom. The largest absolute Gasteiger partial charge is 0.383 e. The molecule has 3 rings (SSSR count). The highest BCUT2D eigenvalue weighted by Gasteiger charge is 2.16. The summed E-state index contributed by atoms with van der Waals surface area (Å²) in [6.07, 6.45) is 2.79. The third-order valence-corrected chi connectivity index (χ3v) is 5.24. The maximum atomic E-state index is 11.8. The Hall–Kier alpha value is -2.51. The molecule has 0 fully saturated rings. The standard InChI is InChI=1S/C20H24N4O2S/c1-14-17(15-7-4-3-5-8-15)18-19(23-13-24-20(18)27-14)22-10-6-9-16(25)21-11-12-26-2/h3-5,7-8,13H,6,9-12H2,1-2H3,(H,21,25)(H,22,23,24). The number of amides is 1. The maximum Gasteiger partial charge on any atom is 0.220 e. The Kier molecular flexibility index (Phi) is 6.73. The zero-order valence-electron chi connectivity index (χ0n) is 15.6. The van der Waals surface area contributed by atoms with E-state index in [0.717, 1.165) is 28.0 Å². The fourth-order valence-corrected chi connectivity index (χ4v) is 3.98. The van der Waals surface area contributed by atoms with Gasteiger partial charge in [-0.25, -0.2) is 9.97 Å². The minimum atomic E-state index is 0.0398. The van der Waals surface area contributed by atoms with Crippen molar-refractivity contribution >= 4 is 33.3 Å². The van der Waals surface area contributed by atoms with Crippen LogP contribution in [0.3, 0.4) is 0 Å². The quantitative estimate of drug-likeness (QED) is 0.551. The Bertz CT molecular complexity index is 896. The fourth-order valence-electron chi connectivity index (χ4n) is 2.97. The summed E-state index contributed by atoms with van der Waals surface area (Å²) in [6, 6.07) is 10.3. The number of nitrogens with one attached hydrogen (secondary N) is 2. The Labute approximate surface area is 163 Å². The third kappa shape index (κ3) is 4.81. The van der Waals surface area contributed by atoms with Crippen LogP contribution >= 0.6 is 11.3 Å². The molecule has 0 saturated heterocycles. The molecule has 0 saturated carbocycles. The van der Waals surface area contributed by atoms with E-state index < -0.39 is 0 Å². The predicted molar refractivity (Wildman–Crippen MR) is 110 cm³/mol. The lowest BCUT2D eigenvalue weighted by Crippen LogP contribution is -2.27. The van der Waals surface area contributed by atoms with E-state index in [-0.39, 0.29) is 5.91 Å². The lowest BCUT2D eigenvalue weighted by Gasteiger charge is -2.09. The highest BCUT2D eigenvalue weighted by atomic mass is 32.1. The van der Waals surface area contributed by atoms with Crippen molar-refractivity contribution in [3.8, 4) is 11.1 Å². The molecule has 2 N–H and O–H groups in total. The highest BCUT2D eigenvalue weighted by molar-refractivity contribution is 7.19. The van der Waals surface area contributed by atoms with Crippen LogP contribution in [0.25, 0.3) is 21.3 Å². The number of aromatic nitrogens is 2. The number of hydrogen-bond donors (Lipinski definition) is 2. The number of fused-ring (bicyclic) bond motifs is 1. The van der Waals surface area contributed by atoms with Gasteiger partial charge in [0.2, 0.25) is 5.91 Å². The molecule has 142 valence electrons. The second-order valence-corrected chi connectivity index (χ2v) is 7.38. The van der Waals surface area contributed by atoms with E-state index in [0.29, 0.717) is 26.1 Å². The van der Waals surface area contributed by atoms with Crippen LogP contribution in [0.1, 0.15) is 17.7 Å². The van der Waals surface area contributed by atoms with Crippen molar-refractivity contribution < 1.29 is 9.53 Å². The van der Waals surface area contributed by atoms with Crippen molar-refractivity contribution in [3.63, 3.8) is 0 Å². The summed E-state index contributed by atoms with van der Waals surface area (Å²) >= 11 is 1.68. The summed E-state index contributed by atoms with van der Waals surface area (Å²) in [5.41, 5.74) is 2.34. The number of anilines is 1. The summed E-state index contributed by atoms with van der Waals surface area (Å²) in [7, 11) is 1.62. The average molecular weight is 385 g/mol. The molecule has 0 bridgehead atoms. The summed E-state index contributed by atoms with van der Waals surface area (Å²) < 4.78 is 4.93. The first-order valence-electron chi connectivity index (χ1n) is 8.99. The van der Waals surface area contributed by atoms with Crippen molar-refractivity contribution in [2.75, 3.05) is 32.1 Å². The maximum absolute atomic E-state index is 11.8. The van der Waals surface area contributed by atoms with E-state index in [1.807, 2.05) is 18.2 Å². The molecular weight excluding hydrogens is 360 g/mol. The first-order chi connectivity index (χ1) is 13.2. The topological polar surface area (TPSA) is 76.1 Å². The molecule has 1 amide bonds. The predicted octanol–water partition coefficient (Wildman–Crippen LogP) is 3.62. The smallest absolute Gasteiger partial charge is 0.220 e. The molecule has 2 aromatic heterocycles. The summed E-state index contributed by atoms with van der Waals surface area (Å²) in [5, 5.41) is 7.27. The van der Waals surface area contributed by atoms with Crippen molar-refractivity contribution in [1.82, 2.24) is 15.3 Å². The van der Waals surface area contributed by atoms with Crippen LogP contribution in [0.4, 0.5) is 5.82 Å². The zero-order valence-corrected chi connectivity index (χ0v) is 16.4. The lowest BCUT2D eigenvalue weighted by atomic mass is 10.0. The van der Waals surface area contributed by atoms with Gasteiger partial charge in [0, 0.05) is 37.1 Å². The number of thiophene rings is 1. The van der Waals surface area contributed by atoms with Gasteiger partial charge < -0.3 is 15.4 Å². The van der Waals surface area contributed by atoms with Gasteiger partial charge in [-0.15, -0.1) is 11.3 Å². The molecule has 3 aromatic rings. The number of carbonyl (C=O) groups is 1. The van der Waals surface area contributed by atoms with Gasteiger partial charge in [-0.1, -0.05) is 30.3 Å². The molecular formula is C20H24N4O2S. The number of ether oxygens (including phenoxy) is 1. The van der Waals surface area contributed by atoms with Crippen LogP contribution < -0.4 is 10.6 Å². The second kappa shape index (κ2) is 9.43. The van der Waals surface area contributed by atoms with Gasteiger partial charge in [-0.2, -0.15) is 0 Å². The highest BCUT2D eigenvalue weighted by Crippen LogP contribution is 2.40. The Balaban J connectivity index is 1.69. The summed E-state index contributed by atoms with van der Waals surface area (Å²) in [4.78, 5) is 22.8. The van der Waals surface area contributed by atoms with Gasteiger partial charge in [0.25, 0.3) is 0 Å². The summed E-state index contributed by atoms with van der Waals surface area (Å²) in [6.45, 7) is 3.86. The van der Waals surface area contributed by atoms with Crippen molar-refractivity contribution in [3.05, 3.63) is 41.5 Å². The molecule has 0 aliphatic heterocycles. The van der Waals surface area contributed by atoms with E-state index in [2.05, 4.69) is 39.7 Å². The SMILES string of the molecule is COCCNC(=O)CCCNc1ncnc2sc(C)c(-c3ccccc3)c12. The molecule has 0 radical (unpaired) electrons. The van der Waals surface area contributed by atoms with Crippen molar-refractivity contribution in [2.45, 2.75) is 19.8 Å². The molecule has 0 aliphatic rings. The van der Waals surface area contributed by atoms with Gasteiger partial charge >= 0.3 is 0 Å². The van der Waals surface area contributed by atoms with Crippen molar-refractivity contribution in [1.29, 1.82) is 0 Å². The average Bonchev–Trinajstić information content (AvgIpc) is 3.02. The van der Waals surface area contributed by atoms with E-state index >= 15 is 0 Å². The first kappa shape index (κ1) is 19.3. The van der Waals surface area contributed by atoms with Crippen LogP contribution in [-0.2, 0) is 9.53 Å². The van der Waals surface area contributed by atoms with Crippen LogP contribution in [0.2, 0.25) is 0 Å². The van der Waals surface area contributed by atoms with E-state index in [4.69, 9.17) is 4.74 Å². The third-order valence-electron chi connectivity index (χ3n) is 4.23. The molecule has 27 heavy (non-hydrogen) atoms. The van der Waals surface area contributed by atoms with Crippen molar-refractivity contribution in [2.24, 2.45) is 0 Å². The number of rotatable bonds is 9. The normalized spacial score (nSPS) is 10.9. The molecule has 0 aliphatic carbocycles. The number of aryl methyl sites for hydroxylation is 1. The molecule has 0 atom stereocenters. The number of methoxy groups -OCH3 is 1. The number of carbonyl (C=O) groups excluding carboxylic acids is 1. The molecule has 1 aromatic carbocycles. The van der Waals surface area contributed by atoms with Crippen LogP contribution in [0.15, 0.2) is 36.7 Å². The molecule has 2 heterocycles. The molecule has 6 nitrogen and oxygen atoms in total. The van der Waals surface area contributed by atoms with E-state index in [1.54, 1.807) is 24.8 Å². The minimum absolute atomic E-state index is 0.0398. The van der Waals surface area contributed by atoms with Gasteiger partial charge in [0.15, 0.2) is 0 Å². The molecule has 0 unspecified atom stereocenters. The minimum Gasteiger partial charge on any atom is -0.383 e. The van der Waals surface area contributed by atoms with Gasteiger partial charge in [-0.3, -0.25) is 4.79 Å². The van der Waals surface area contributed by atoms with E-state index in [9.17, 15) is 4.79 Å². The molecule has 0 spiro atoms. The number of nitrogens with zero attached hydrogens (tertiary/aromatic N) is 2. The van der Waals surface area contributed by atoms with Crippen LogP contribution in [0.5, 0.6) is 0 Å². The summed E-state index contributed by atoms with van der Waals surface area (Å²) in [5.74, 6) is 0.862. The monoisotopic (exact) mass is 384 g/mol. The number of benzene rings is 1. The zero-order chi connectivity index (χ0) is 19.1. The second-order valence-electron chi connectivity index (χ2n) is 6.17. The molecule has 7 heteroatoms. The number of hydrogen-bond acceptors (Lipinski definition) is 6. The first-order valence-corrected chi connectivity index (χ1v) is 9.81.